The van der Waals surface area contributed by atoms with E-state index in [1.807, 2.05) is 12.1 Å². The summed E-state index contributed by atoms with van der Waals surface area (Å²) in [6, 6.07) is 4.24. The van der Waals surface area contributed by atoms with Crippen LogP contribution in [0.3, 0.4) is 0 Å². The Kier molecular flexibility index (Phi) is 4.44. The molecule has 0 aliphatic heterocycles. The Bertz CT molecular complexity index is 497. The van der Waals surface area contributed by atoms with E-state index in [4.69, 9.17) is 4.74 Å². The van der Waals surface area contributed by atoms with Crippen molar-refractivity contribution in [3.63, 3.8) is 0 Å². The fourth-order valence-corrected chi connectivity index (χ4v) is 1.51. The number of hydrogen-bond acceptors (Lipinski definition) is 7. The summed E-state index contributed by atoms with van der Waals surface area (Å²) in [5.74, 6) is 0.962. The molecule has 2 N–H and O–H groups in total. The summed E-state index contributed by atoms with van der Waals surface area (Å²) in [5.41, 5.74) is 1.21. The first-order chi connectivity index (χ1) is 9.31. The maximum atomic E-state index is 5.01. The molecule has 0 saturated carbocycles. The largest absolute Gasteiger partial charge is 0.467 e. The SMILES string of the molecule is CNc1nc(NCCc2ccncc2)nc(OC)n1. The van der Waals surface area contributed by atoms with Gasteiger partial charge in [0.25, 0.3) is 0 Å². The molecule has 0 unspecified atom stereocenters. The lowest BCUT2D eigenvalue weighted by molar-refractivity contribution is 0.379. The second-order valence-corrected chi connectivity index (χ2v) is 3.75. The molecule has 0 saturated heterocycles. The molecule has 0 fully saturated rings. The molecule has 2 heterocycles. The van der Waals surface area contributed by atoms with Crippen molar-refractivity contribution in [1.82, 2.24) is 19.9 Å². The summed E-state index contributed by atoms with van der Waals surface area (Å²) >= 11 is 0. The van der Waals surface area contributed by atoms with E-state index in [-0.39, 0.29) is 6.01 Å². The molecular weight excluding hydrogens is 244 g/mol. The number of nitrogens with one attached hydrogen (secondary N) is 2. The summed E-state index contributed by atoms with van der Waals surface area (Å²) in [4.78, 5) is 16.3. The maximum Gasteiger partial charge on any atom is 0.322 e. The van der Waals surface area contributed by atoms with Gasteiger partial charge in [-0.1, -0.05) is 0 Å². The smallest absolute Gasteiger partial charge is 0.322 e. The molecule has 0 aromatic carbocycles. The summed E-state index contributed by atoms with van der Waals surface area (Å²) in [5, 5.41) is 6.00. The molecule has 2 rings (SSSR count). The van der Waals surface area contributed by atoms with Crippen molar-refractivity contribution >= 4 is 11.9 Å². The van der Waals surface area contributed by atoms with Gasteiger partial charge in [0.15, 0.2) is 0 Å². The Morgan fingerprint density at radius 3 is 2.53 bits per heavy atom. The molecule has 0 radical (unpaired) electrons. The van der Waals surface area contributed by atoms with Gasteiger partial charge in [0.2, 0.25) is 11.9 Å². The molecule has 0 bridgehead atoms. The number of anilines is 2. The van der Waals surface area contributed by atoms with Crippen LogP contribution in [0, 0.1) is 0 Å². The second-order valence-electron chi connectivity index (χ2n) is 3.75. The highest BCUT2D eigenvalue weighted by Crippen LogP contribution is 2.10. The fourth-order valence-electron chi connectivity index (χ4n) is 1.51. The lowest BCUT2D eigenvalue weighted by atomic mass is 10.2. The molecular formula is C12H16N6O. The van der Waals surface area contributed by atoms with Crippen LogP contribution >= 0.6 is 0 Å². The summed E-state index contributed by atoms with van der Waals surface area (Å²) < 4.78 is 5.01. The molecule has 7 heteroatoms. The Morgan fingerprint density at radius 2 is 1.84 bits per heavy atom. The molecule has 100 valence electrons. The number of methoxy groups -OCH3 is 1. The number of nitrogens with zero attached hydrogens (tertiary/aromatic N) is 4. The van der Waals surface area contributed by atoms with Gasteiger partial charge >= 0.3 is 6.01 Å². The van der Waals surface area contributed by atoms with Gasteiger partial charge in [0, 0.05) is 26.0 Å². The van der Waals surface area contributed by atoms with E-state index < -0.39 is 0 Å². The Morgan fingerprint density at radius 1 is 1.11 bits per heavy atom. The van der Waals surface area contributed by atoms with E-state index in [0.717, 1.165) is 13.0 Å². The summed E-state index contributed by atoms with van der Waals surface area (Å²) in [6.07, 6.45) is 4.42. The van der Waals surface area contributed by atoms with Gasteiger partial charge in [0.1, 0.15) is 0 Å². The standard InChI is InChI=1S/C12H16N6O/c1-13-10-16-11(18-12(17-10)19-2)15-8-5-9-3-6-14-7-4-9/h3-4,6-7H,5,8H2,1-2H3,(H2,13,15,16,17,18). The third kappa shape index (κ3) is 3.77. The predicted molar refractivity (Wildman–Crippen MR) is 72.4 cm³/mol. The summed E-state index contributed by atoms with van der Waals surface area (Å²) in [7, 11) is 3.27. The van der Waals surface area contributed by atoms with Crippen molar-refractivity contribution in [2.24, 2.45) is 0 Å². The molecule has 2 aromatic heterocycles. The van der Waals surface area contributed by atoms with Gasteiger partial charge in [-0.2, -0.15) is 15.0 Å². The monoisotopic (exact) mass is 260 g/mol. The van der Waals surface area contributed by atoms with Gasteiger partial charge in [0.05, 0.1) is 7.11 Å². The lowest BCUT2D eigenvalue weighted by Crippen LogP contribution is -2.11. The highest BCUT2D eigenvalue weighted by Gasteiger charge is 2.04. The average molecular weight is 260 g/mol. The van der Waals surface area contributed by atoms with Crippen molar-refractivity contribution in [2.45, 2.75) is 6.42 Å². The van der Waals surface area contributed by atoms with Crippen LogP contribution in [0.5, 0.6) is 6.01 Å². The van der Waals surface area contributed by atoms with Gasteiger partial charge < -0.3 is 15.4 Å². The van der Waals surface area contributed by atoms with Gasteiger partial charge in [-0.15, -0.1) is 0 Å². The number of pyridine rings is 1. The third-order valence-corrected chi connectivity index (χ3v) is 2.47. The molecule has 0 amide bonds. The Hall–Kier alpha value is -2.44. The highest BCUT2D eigenvalue weighted by molar-refractivity contribution is 5.35. The van der Waals surface area contributed by atoms with Crippen molar-refractivity contribution in [3.8, 4) is 6.01 Å². The van der Waals surface area contributed by atoms with Crippen LogP contribution < -0.4 is 15.4 Å². The number of rotatable bonds is 6. The predicted octanol–water partition coefficient (Wildman–Crippen LogP) is 0.971. The van der Waals surface area contributed by atoms with E-state index in [1.54, 1.807) is 19.4 Å². The first-order valence-electron chi connectivity index (χ1n) is 5.92. The van der Waals surface area contributed by atoms with Crippen LogP contribution in [0.15, 0.2) is 24.5 Å². The minimum atomic E-state index is 0.283. The van der Waals surface area contributed by atoms with E-state index in [1.165, 1.54) is 12.7 Å². The Labute approximate surface area is 111 Å². The topological polar surface area (TPSA) is 84.9 Å². The van der Waals surface area contributed by atoms with E-state index in [0.29, 0.717) is 11.9 Å². The van der Waals surface area contributed by atoms with Crippen LogP contribution in [-0.2, 0) is 6.42 Å². The van der Waals surface area contributed by atoms with E-state index in [9.17, 15) is 0 Å². The molecule has 0 aliphatic carbocycles. The third-order valence-electron chi connectivity index (χ3n) is 2.47. The number of hydrogen-bond donors (Lipinski definition) is 2. The normalized spacial score (nSPS) is 10.0. The van der Waals surface area contributed by atoms with Crippen molar-refractivity contribution in [3.05, 3.63) is 30.1 Å². The molecule has 0 atom stereocenters. The van der Waals surface area contributed by atoms with Gasteiger partial charge in [-0.05, 0) is 24.1 Å². The van der Waals surface area contributed by atoms with Crippen LogP contribution in [-0.4, -0.2) is 40.6 Å². The Balaban J connectivity index is 1.95. The van der Waals surface area contributed by atoms with E-state index in [2.05, 4.69) is 30.6 Å². The second kappa shape index (κ2) is 6.48. The van der Waals surface area contributed by atoms with Crippen molar-refractivity contribution < 1.29 is 4.74 Å². The molecule has 19 heavy (non-hydrogen) atoms. The number of ether oxygens (including phenoxy) is 1. The zero-order valence-electron chi connectivity index (χ0n) is 10.9. The lowest BCUT2D eigenvalue weighted by Gasteiger charge is -2.07. The molecule has 0 aliphatic rings. The molecule has 2 aromatic rings. The quantitative estimate of drug-likeness (QED) is 0.800. The average Bonchev–Trinajstić information content (AvgIpc) is 2.48. The maximum absolute atomic E-state index is 5.01. The minimum Gasteiger partial charge on any atom is -0.467 e. The molecule has 0 spiro atoms. The van der Waals surface area contributed by atoms with Crippen LogP contribution in [0.25, 0.3) is 0 Å². The van der Waals surface area contributed by atoms with Crippen molar-refractivity contribution in [1.29, 1.82) is 0 Å². The first kappa shape index (κ1) is 13.0. The zero-order valence-corrected chi connectivity index (χ0v) is 10.9. The van der Waals surface area contributed by atoms with Crippen LogP contribution in [0.4, 0.5) is 11.9 Å². The highest BCUT2D eigenvalue weighted by atomic mass is 16.5. The number of aromatic nitrogens is 4. The zero-order chi connectivity index (χ0) is 13.5. The van der Waals surface area contributed by atoms with Crippen LogP contribution in [0.2, 0.25) is 0 Å². The first-order valence-corrected chi connectivity index (χ1v) is 5.92. The van der Waals surface area contributed by atoms with Crippen molar-refractivity contribution in [2.75, 3.05) is 31.3 Å². The summed E-state index contributed by atoms with van der Waals surface area (Å²) in [6.45, 7) is 0.723. The van der Waals surface area contributed by atoms with Gasteiger partial charge in [-0.3, -0.25) is 4.98 Å². The van der Waals surface area contributed by atoms with Gasteiger partial charge in [-0.25, -0.2) is 0 Å². The minimum absolute atomic E-state index is 0.283. The fraction of sp³-hybridized carbons (Fsp3) is 0.333. The van der Waals surface area contributed by atoms with Crippen LogP contribution in [0.1, 0.15) is 5.56 Å². The van der Waals surface area contributed by atoms with E-state index >= 15 is 0 Å². The molecule has 7 nitrogen and oxygen atoms in total.